The lowest BCUT2D eigenvalue weighted by molar-refractivity contribution is -0.121. The third-order valence-electron chi connectivity index (χ3n) is 5.35. The summed E-state index contributed by atoms with van der Waals surface area (Å²) < 4.78 is 1.84. The molecule has 0 aliphatic carbocycles. The van der Waals surface area contributed by atoms with Crippen LogP contribution in [0.4, 0.5) is 11.5 Å². The number of piperazine rings is 1. The van der Waals surface area contributed by atoms with Crippen LogP contribution in [0.25, 0.3) is 11.0 Å². The van der Waals surface area contributed by atoms with Crippen LogP contribution in [0.3, 0.4) is 0 Å². The van der Waals surface area contributed by atoms with Gasteiger partial charge in [0.05, 0.1) is 18.1 Å². The van der Waals surface area contributed by atoms with Gasteiger partial charge in [0.2, 0.25) is 5.91 Å². The van der Waals surface area contributed by atoms with Crippen LogP contribution in [0.2, 0.25) is 0 Å². The molecule has 0 bridgehead atoms. The number of carbonyl (C=O) groups excluding carboxylic acids is 1. The van der Waals surface area contributed by atoms with E-state index in [1.54, 1.807) is 6.33 Å². The van der Waals surface area contributed by atoms with Gasteiger partial charge in [-0.3, -0.25) is 4.79 Å². The van der Waals surface area contributed by atoms with Gasteiger partial charge < -0.3 is 15.1 Å². The van der Waals surface area contributed by atoms with Crippen molar-refractivity contribution in [2.24, 2.45) is 5.92 Å². The molecule has 3 heterocycles. The Hall–Kier alpha value is -3.16. The number of fused-ring (bicyclic) bond motifs is 1. The Bertz CT molecular complexity index is 978. The van der Waals surface area contributed by atoms with Crippen LogP contribution in [-0.2, 0) is 11.3 Å². The zero-order chi connectivity index (χ0) is 20.9. The van der Waals surface area contributed by atoms with E-state index >= 15 is 0 Å². The predicted molar refractivity (Wildman–Crippen MR) is 119 cm³/mol. The van der Waals surface area contributed by atoms with Gasteiger partial charge in [0.15, 0.2) is 5.65 Å². The topological polar surface area (TPSA) is 79.2 Å². The van der Waals surface area contributed by atoms with E-state index in [2.05, 4.69) is 54.4 Å². The van der Waals surface area contributed by atoms with Gasteiger partial charge in [0.1, 0.15) is 12.1 Å². The second kappa shape index (κ2) is 9.11. The Morgan fingerprint density at radius 1 is 1.07 bits per heavy atom. The summed E-state index contributed by atoms with van der Waals surface area (Å²) in [5.74, 6) is 1.36. The number of anilines is 2. The van der Waals surface area contributed by atoms with Crippen molar-refractivity contribution in [1.29, 1.82) is 0 Å². The molecule has 0 radical (unpaired) electrons. The van der Waals surface area contributed by atoms with Gasteiger partial charge in [-0.1, -0.05) is 32.0 Å². The van der Waals surface area contributed by atoms with Gasteiger partial charge in [-0.05, 0) is 18.1 Å². The SMILES string of the molecule is CC(C)CC(=O)NCCn1ncc2c(N3CCN(c4ccccc4)CC3)ncnc21. The first-order valence-corrected chi connectivity index (χ1v) is 10.6. The van der Waals surface area contributed by atoms with E-state index in [0.717, 1.165) is 43.0 Å². The van der Waals surface area contributed by atoms with Crippen LogP contribution < -0.4 is 15.1 Å². The smallest absolute Gasteiger partial charge is 0.220 e. The van der Waals surface area contributed by atoms with Crippen LogP contribution in [0, 0.1) is 5.92 Å². The average Bonchev–Trinajstić information content (AvgIpc) is 3.17. The number of hydrogen-bond acceptors (Lipinski definition) is 6. The molecular formula is C22H29N7O. The molecule has 1 aliphatic rings. The zero-order valence-corrected chi connectivity index (χ0v) is 17.7. The van der Waals surface area contributed by atoms with E-state index in [4.69, 9.17) is 0 Å². The molecule has 1 amide bonds. The monoisotopic (exact) mass is 407 g/mol. The van der Waals surface area contributed by atoms with Crippen LogP contribution in [0.5, 0.6) is 0 Å². The molecule has 3 aromatic rings. The molecule has 1 saturated heterocycles. The first-order valence-electron chi connectivity index (χ1n) is 10.6. The standard InChI is InChI=1S/C22H29N7O/c1-17(2)14-20(30)23-8-9-29-22-19(15-26-29)21(24-16-25-22)28-12-10-27(11-13-28)18-6-4-3-5-7-18/h3-7,15-17H,8-14H2,1-2H3,(H,23,30). The van der Waals surface area contributed by atoms with Crippen LogP contribution in [0.1, 0.15) is 20.3 Å². The quantitative estimate of drug-likeness (QED) is 0.648. The van der Waals surface area contributed by atoms with Crippen molar-refractivity contribution in [3.05, 3.63) is 42.9 Å². The summed E-state index contributed by atoms with van der Waals surface area (Å²) in [7, 11) is 0. The summed E-state index contributed by atoms with van der Waals surface area (Å²) in [6.07, 6.45) is 3.99. The average molecular weight is 408 g/mol. The number of benzene rings is 1. The minimum absolute atomic E-state index is 0.0769. The fraction of sp³-hybridized carbons (Fsp3) is 0.455. The normalized spacial score (nSPS) is 14.5. The molecule has 0 atom stereocenters. The first-order chi connectivity index (χ1) is 14.6. The van der Waals surface area contributed by atoms with E-state index in [-0.39, 0.29) is 5.91 Å². The molecule has 30 heavy (non-hydrogen) atoms. The second-order valence-corrected chi connectivity index (χ2v) is 8.06. The van der Waals surface area contributed by atoms with Crippen LogP contribution in [-0.4, -0.2) is 58.4 Å². The summed E-state index contributed by atoms with van der Waals surface area (Å²) in [4.78, 5) is 25.6. The second-order valence-electron chi connectivity index (χ2n) is 8.06. The third-order valence-corrected chi connectivity index (χ3v) is 5.35. The molecule has 1 fully saturated rings. The molecule has 1 N–H and O–H groups in total. The third kappa shape index (κ3) is 4.53. The van der Waals surface area contributed by atoms with E-state index in [1.165, 1.54) is 5.69 Å². The van der Waals surface area contributed by atoms with E-state index in [9.17, 15) is 4.79 Å². The highest BCUT2D eigenvalue weighted by atomic mass is 16.1. The lowest BCUT2D eigenvalue weighted by Crippen LogP contribution is -2.46. The number of nitrogens with one attached hydrogen (secondary N) is 1. The molecule has 158 valence electrons. The molecule has 2 aromatic heterocycles. The van der Waals surface area contributed by atoms with Crippen LogP contribution in [0.15, 0.2) is 42.9 Å². The number of para-hydroxylation sites is 1. The Labute approximate surface area is 176 Å². The summed E-state index contributed by atoms with van der Waals surface area (Å²) in [5, 5.41) is 8.41. The maximum atomic E-state index is 11.9. The van der Waals surface area contributed by atoms with Crippen LogP contribution >= 0.6 is 0 Å². The minimum atomic E-state index is 0.0769. The summed E-state index contributed by atoms with van der Waals surface area (Å²) >= 11 is 0. The number of carbonyl (C=O) groups is 1. The molecule has 0 spiro atoms. The molecule has 8 nitrogen and oxygen atoms in total. The molecule has 1 aromatic carbocycles. The minimum Gasteiger partial charge on any atom is -0.368 e. The lowest BCUT2D eigenvalue weighted by atomic mass is 10.1. The number of hydrogen-bond donors (Lipinski definition) is 1. The van der Waals surface area contributed by atoms with Crippen molar-refractivity contribution in [2.75, 3.05) is 42.5 Å². The fourth-order valence-electron chi connectivity index (χ4n) is 3.86. The maximum Gasteiger partial charge on any atom is 0.220 e. The highest BCUT2D eigenvalue weighted by molar-refractivity contribution is 5.86. The molecule has 0 saturated carbocycles. The van der Waals surface area contributed by atoms with Gasteiger partial charge in [-0.15, -0.1) is 0 Å². The number of nitrogens with zero attached hydrogens (tertiary/aromatic N) is 6. The Morgan fingerprint density at radius 2 is 1.80 bits per heavy atom. The van der Waals surface area contributed by atoms with Crippen molar-refractivity contribution in [1.82, 2.24) is 25.1 Å². The van der Waals surface area contributed by atoms with Gasteiger partial charge in [0.25, 0.3) is 0 Å². The molecule has 4 rings (SSSR count). The van der Waals surface area contributed by atoms with E-state index in [1.807, 2.05) is 30.8 Å². The molecule has 0 unspecified atom stereocenters. The predicted octanol–water partition coefficient (Wildman–Crippen LogP) is 2.32. The van der Waals surface area contributed by atoms with Crippen molar-refractivity contribution >= 4 is 28.4 Å². The number of amides is 1. The molecule has 8 heteroatoms. The summed E-state index contributed by atoms with van der Waals surface area (Å²) in [6.45, 7) is 8.91. The summed E-state index contributed by atoms with van der Waals surface area (Å²) in [6, 6.07) is 10.5. The van der Waals surface area contributed by atoms with E-state index < -0.39 is 0 Å². The molecule has 1 aliphatic heterocycles. The Kier molecular flexibility index (Phi) is 6.11. The summed E-state index contributed by atoms with van der Waals surface area (Å²) in [5.41, 5.74) is 2.07. The van der Waals surface area contributed by atoms with E-state index in [0.29, 0.717) is 25.4 Å². The van der Waals surface area contributed by atoms with Gasteiger partial charge in [-0.2, -0.15) is 5.10 Å². The van der Waals surface area contributed by atoms with Crippen molar-refractivity contribution in [3.63, 3.8) is 0 Å². The zero-order valence-electron chi connectivity index (χ0n) is 17.7. The number of aromatic nitrogens is 4. The highest BCUT2D eigenvalue weighted by Gasteiger charge is 2.21. The lowest BCUT2D eigenvalue weighted by Gasteiger charge is -2.36. The van der Waals surface area contributed by atoms with Crippen molar-refractivity contribution < 1.29 is 4.79 Å². The van der Waals surface area contributed by atoms with Gasteiger partial charge >= 0.3 is 0 Å². The maximum absolute atomic E-state index is 11.9. The fourth-order valence-corrected chi connectivity index (χ4v) is 3.86. The Morgan fingerprint density at radius 3 is 2.53 bits per heavy atom. The first kappa shape index (κ1) is 20.1. The highest BCUT2D eigenvalue weighted by Crippen LogP contribution is 2.25. The van der Waals surface area contributed by atoms with Crippen molar-refractivity contribution in [3.8, 4) is 0 Å². The Balaban J connectivity index is 1.40. The molecular weight excluding hydrogens is 378 g/mol. The van der Waals surface area contributed by atoms with Gasteiger partial charge in [-0.25, -0.2) is 14.6 Å². The number of rotatable bonds is 7. The van der Waals surface area contributed by atoms with Crippen molar-refractivity contribution in [2.45, 2.75) is 26.8 Å². The largest absolute Gasteiger partial charge is 0.368 e. The van der Waals surface area contributed by atoms with Gasteiger partial charge in [0, 0.05) is 44.8 Å².